The summed E-state index contributed by atoms with van der Waals surface area (Å²) in [4.78, 5) is 27.9. The second-order valence-electron chi connectivity index (χ2n) is 5.35. The van der Waals surface area contributed by atoms with E-state index in [0.29, 0.717) is 6.07 Å². The van der Waals surface area contributed by atoms with Crippen LogP contribution in [0.1, 0.15) is 33.7 Å². The van der Waals surface area contributed by atoms with Crippen molar-refractivity contribution in [2.75, 3.05) is 5.32 Å². The van der Waals surface area contributed by atoms with Crippen molar-refractivity contribution in [2.45, 2.75) is 18.9 Å². The normalized spacial score (nSPS) is 13.5. The van der Waals surface area contributed by atoms with E-state index in [1.807, 2.05) is 0 Å². The molecule has 2 aromatic rings. The summed E-state index contributed by atoms with van der Waals surface area (Å²) >= 11 is 0. The Morgan fingerprint density at radius 1 is 1.04 bits per heavy atom. The van der Waals surface area contributed by atoms with Crippen LogP contribution in [-0.2, 0) is 0 Å². The summed E-state index contributed by atoms with van der Waals surface area (Å²) in [6, 6.07) is 4.31. The van der Waals surface area contributed by atoms with Gasteiger partial charge in [-0.05, 0) is 37.1 Å². The summed E-state index contributed by atoms with van der Waals surface area (Å²) in [6.45, 7) is 0. The van der Waals surface area contributed by atoms with E-state index in [0.717, 1.165) is 18.9 Å². The SMILES string of the molecule is O=C(Nc1ccc(F)c(F)c1F)c1ccnc(C(=O)NC2CC2)c1. The molecule has 0 unspecified atom stereocenters. The van der Waals surface area contributed by atoms with E-state index in [1.165, 1.54) is 18.3 Å². The van der Waals surface area contributed by atoms with Crippen LogP contribution in [-0.4, -0.2) is 22.8 Å². The predicted octanol–water partition coefficient (Wildman–Crippen LogP) is 2.64. The molecule has 1 heterocycles. The van der Waals surface area contributed by atoms with Gasteiger partial charge in [0.2, 0.25) is 0 Å². The van der Waals surface area contributed by atoms with E-state index in [1.54, 1.807) is 0 Å². The van der Waals surface area contributed by atoms with E-state index in [2.05, 4.69) is 15.6 Å². The number of nitrogens with zero attached hydrogens (tertiary/aromatic N) is 1. The van der Waals surface area contributed by atoms with Gasteiger partial charge in [-0.25, -0.2) is 13.2 Å². The zero-order valence-corrected chi connectivity index (χ0v) is 12.3. The van der Waals surface area contributed by atoms with Crippen LogP contribution in [0.5, 0.6) is 0 Å². The number of anilines is 1. The molecule has 8 heteroatoms. The van der Waals surface area contributed by atoms with Crippen LogP contribution < -0.4 is 10.6 Å². The molecule has 1 aromatic heterocycles. The monoisotopic (exact) mass is 335 g/mol. The molecule has 5 nitrogen and oxygen atoms in total. The number of pyridine rings is 1. The molecule has 0 aliphatic heterocycles. The van der Waals surface area contributed by atoms with Gasteiger partial charge in [0.1, 0.15) is 5.69 Å². The first-order valence-electron chi connectivity index (χ1n) is 7.17. The van der Waals surface area contributed by atoms with E-state index >= 15 is 0 Å². The maximum absolute atomic E-state index is 13.6. The van der Waals surface area contributed by atoms with Crippen LogP contribution >= 0.6 is 0 Å². The van der Waals surface area contributed by atoms with E-state index in [-0.39, 0.29) is 17.3 Å². The van der Waals surface area contributed by atoms with Crippen molar-refractivity contribution in [1.82, 2.24) is 10.3 Å². The third kappa shape index (κ3) is 3.37. The number of aromatic nitrogens is 1. The largest absolute Gasteiger partial charge is 0.348 e. The van der Waals surface area contributed by atoms with Crippen LogP contribution in [0.15, 0.2) is 30.5 Å². The summed E-state index contributed by atoms with van der Waals surface area (Å²) < 4.78 is 39.7. The first kappa shape index (κ1) is 16.0. The molecule has 0 radical (unpaired) electrons. The zero-order chi connectivity index (χ0) is 17.3. The molecule has 2 amide bonds. The Morgan fingerprint density at radius 2 is 1.79 bits per heavy atom. The molecule has 3 rings (SSSR count). The minimum Gasteiger partial charge on any atom is -0.348 e. The third-order valence-corrected chi connectivity index (χ3v) is 3.45. The number of carbonyl (C=O) groups excluding carboxylic acids is 2. The van der Waals surface area contributed by atoms with Gasteiger partial charge in [0.15, 0.2) is 17.5 Å². The topological polar surface area (TPSA) is 71.1 Å². The highest BCUT2D eigenvalue weighted by molar-refractivity contribution is 6.05. The van der Waals surface area contributed by atoms with Crippen molar-refractivity contribution < 1.29 is 22.8 Å². The van der Waals surface area contributed by atoms with Crippen LogP contribution in [0.3, 0.4) is 0 Å². The van der Waals surface area contributed by atoms with Crippen molar-refractivity contribution in [1.29, 1.82) is 0 Å². The summed E-state index contributed by atoms with van der Waals surface area (Å²) in [7, 11) is 0. The first-order valence-corrected chi connectivity index (χ1v) is 7.17. The fraction of sp³-hybridized carbons (Fsp3) is 0.188. The fourth-order valence-corrected chi connectivity index (χ4v) is 2.00. The molecule has 124 valence electrons. The number of rotatable bonds is 4. The number of benzene rings is 1. The molecular formula is C16H12F3N3O2. The molecule has 1 saturated carbocycles. The molecule has 0 saturated heterocycles. The van der Waals surface area contributed by atoms with Gasteiger partial charge in [-0.15, -0.1) is 0 Å². The number of hydrogen-bond donors (Lipinski definition) is 2. The van der Waals surface area contributed by atoms with E-state index in [4.69, 9.17) is 0 Å². The second kappa shape index (κ2) is 6.31. The number of carbonyl (C=O) groups is 2. The Kier molecular flexibility index (Phi) is 4.20. The minimum absolute atomic E-state index is 0.0371. The predicted molar refractivity (Wildman–Crippen MR) is 79.0 cm³/mol. The number of amides is 2. The fourth-order valence-electron chi connectivity index (χ4n) is 2.00. The molecule has 1 aliphatic carbocycles. The van der Waals surface area contributed by atoms with Crippen molar-refractivity contribution in [2.24, 2.45) is 0 Å². The standard InChI is InChI=1S/C16H12F3N3O2/c17-10-3-4-11(14(19)13(10)18)22-15(23)8-5-6-20-12(7-8)16(24)21-9-1-2-9/h3-7,9H,1-2H2,(H,21,24)(H,22,23). The molecule has 0 bridgehead atoms. The summed E-state index contributed by atoms with van der Waals surface area (Å²) in [5.41, 5.74) is -0.421. The highest BCUT2D eigenvalue weighted by Crippen LogP contribution is 2.21. The Hall–Kier alpha value is -2.90. The van der Waals surface area contributed by atoms with Crippen LogP contribution in [0, 0.1) is 17.5 Å². The van der Waals surface area contributed by atoms with Crippen molar-refractivity contribution in [3.8, 4) is 0 Å². The third-order valence-electron chi connectivity index (χ3n) is 3.45. The molecule has 0 atom stereocenters. The maximum Gasteiger partial charge on any atom is 0.270 e. The number of hydrogen-bond acceptors (Lipinski definition) is 3. The average Bonchev–Trinajstić information content (AvgIpc) is 3.39. The van der Waals surface area contributed by atoms with Crippen LogP contribution in [0.2, 0.25) is 0 Å². The summed E-state index contributed by atoms with van der Waals surface area (Å²) in [5, 5.41) is 4.86. The quantitative estimate of drug-likeness (QED) is 0.844. The van der Waals surface area contributed by atoms with Gasteiger partial charge in [0.25, 0.3) is 11.8 Å². The van der Waals surface area contributed by atoms with Crippen molar-refractivity contribution >= 4 is 17.5 Å². The Bertz CT molecular complexity index is 822. The molecule has 0 spiro atoms. The van der Waals surface area contributed by atoms with E-state index < -0.39 is 35.0 Å². The van der Waals surface area contributed by atoms with Gasteiger partial charge >= 0.3 is 0 Å². The average molecular weight is 335 g/mol. The number of nitrogens with one attached hydrogen (secondary N) is 2. The molecule has 1 aliphatic rings. The Labute approximate surface area is 134 Å². The summed E-state index contributed by atoms with van der Waals surface area (Å²) in [6.07, 6.45) is 3.07. The van der Waals surface area contributed by atoms with Gasteiger partial charge in [-0.1, -0.05) is 0 Å². The molecule has 1 aromatic carbocycles. The number of halogens is 3. The van der Waals surface area contributed by atoms with E-state index in [9.17, 15) is 22.8 Å². The minimum atomic E-state index is -1.67. The van der Waals surface area contributed by atoms with Gasteiger partial charge in [0.05, 0.1) is 5.69 Å². The van der Waals surface area contributed by atoms with Crippen LogP contribution in [0.4, 0.5) is 18.9 Å². The molecule has 2 N–H and O–H groups in total. The van der Waals surface area contributed by atoms with Crippen molar-refractivity contribution in [3.05, 3.63) is 59.2 Å². The highest BCUT2D eigenvalue weighted by Gasteiger charge is 2.24. The molecule has 24 heavy (non-hydrogen) atoms. The Morgan fingerprint density at radius 3 is 2.50 bits per heavy atom. The van der Waals surface area contributed by atoms with Gasteiger partial charge < -0.3 is 10.6 Å². The first-order chi connectivity index (χ1) is 11.5. The lowest BCUT2D eigenvalue weighted by Crippen LogP contribution is -2.26. The van der Waals surface area contributed by atoms with Gasteiger partial charge in [-0.2, -0.15) is 0 Å². The zero-order valence-electron chi connectivity index (χ0n) is 12.3. The molecular weight excluding hydrogens is 323 g/mol. The molecule has 1 fully saturated rings. The smallest absolute Gasteiger partial charge is 0.270 e. The van der Waals surface area contributed by atoms with Gasteiger partial charge in [-0.3, -0.25) is 14.6 Å². The lowest BCUT2D eigenvalue weighted by molar-refractivity contribution is 0.0946. The summed E-state index contributed by atoms with van der Waals surface area (Å²) in [5.74, 6) is -5.71. The lowest BCUT2D eigenvalue weighted by atomic mass is 10.2. The van der Waals surface area contributed by atoms with Gasteiger partial charge in [0, 0.05) is 17.8 Å². The highest BCUT2D eigenvalue weighted by atomic mass is 19.2. The Balaban J connectivity index is 1.77. The van der Waals surface area contributed by atoms with Crippen molar-refractivity contribution in [3.63, 3.8) is 0 Å². The second-order valence-corrected chi connectivity index (χ2v) is 5.35. The van der Waals surface area contributed by atoms with Crippen LogP contribution in [0.25, 0.3) is 0 Å². The lowest BCUT2D eigenvalue weighted by Gasteiger charge is -2.08. The maximum atomic E-state index is 13.6.